The fraction of sp³-hybridized carbons (Fsp3) is 0.0952. The first-order valence-electron chi connectivity index (χ1n) is 8.58. The van der Waals surface area contributed by atoms with E-state index in [0.717, 1.165) is 10.4 Å². The summed E-state index contributed by atoms with van der Waals surface area (Å²) in [6.45, 7) is -0.443. The Kier molecular flexibility index (Phi) is 6.25. The van der Waals surface area contributed by atoms with Gasteiger partial charge in [-0.25, -0.2) is 0 Å². The van der Waals surface area contributed by atoms with E-state index in [0.29, 0.717) is 11.5 Å². The maximum atomic E-state index is 12.2. The second-order valence-corrected chi connectivity index (χ2v) is 6.98. The predicted molar refractivity (Wildman–Crippen MR) is 110 cm³/mol. The Balaban J connectivity index is 1.68. The van der Waals surface area contributed by atoms with Gasteiger partial charge >= 0.3 is 0 Å². The van der Waals surface area contributed by atoms with Crippen LogP contribution < -0.4 is 20.5 Å². The van der Waals surface area contributed by atoms with Gasteiger partial charge in [0.2, 0.25) is 0 Å². The molecule has 0 aliphatic heterocycles. The first-order valence-corrected chi connectivity index (χ1v) is 9.39. The quantitative estimate of drug-likeness (QED) is 0.555. The van der Waals surface area contributed by atoms with Gasteiger partial charge in [0, 0.05) is 4.88 Å². The van der Waals surface area contributed by atoms with Gasteiger partial charge in [-0.3, -0.25) is 14.4 Å². The summed E-state index contributed by atoms with van der Waals surface area (Å²) in [4.78, 5) is 36.9. The molecule has 0 fully saturated rings. The highest BCUT2D eigenvalue weighted by molar-refractivity contribution is 7.20. The number of anilines is 1. The van der Waals surface area contributed by atoms with Crippen molar-refractivity contribution in [3.63, 3.8) is 0 Å². The third kappa shape index (κ3) is 4.99. The minimum absolute atomic E-state index is 0.145. The van der Waals surface area contributed by atoms with Crippen LogP contribution in [0, 0.1) is 0 Å². The third-order valence-corrected chi connectivity index (χ3v) is 5.07. The monoisotopic (exact) mass is 410 g/mol. The standard InChI is InChI=1S/C21H18N2O5S/c1-27-14-7-9-15(10-8-14)28-12-17(24)20(26)23-21-16(19(22)25)11-18(29-21)13-5-3-2-4-6-13/h2-11H,12H2,1H3,(H2,22,25)(H,23,26). The topological polar surface area (TPSA) is 108 Å². The highest BCUT2D eigenvalue weighted by Crippen LogP contribution is 2.35. The summed E-state index contributed by atoms with van der Waals surface area (Å²) in [7, 11) is 1.54. The molecule has 0 spiro atoms. The van der Waals surface area contributed by atoms with E-state index in [1.165, 1.54) is 18.4 Å². The molecular weight excluding hydrogens is 392 g/mol. The fourth-order valence-corrected chi connectivity index (χ4v) is 3.53. The number of hydrogen-bond acceptors (Lipinski definition) is 6. The van der Waals surface area contributed by atoms with Crippen LogP contribution in [0.15, 0.2) is 60.7 Å². The smallest absolute Gasteiger partial charge is 0.296 e. The van der Waals surface area contributed by atoms with Gasteiger partial charge in [-0.15, -0.1) is 11.3 Å². The Bertz CT molecular complexity index is 1030. The first kappa shape index (κ1) is 20.1. The number of benzene rings is 2. The van der Waals surface area contributed by atoms with Crippen molar-refractivity contribution in [3.05, 3.63) is 66.2 Å². The van der Waals surface area contributed by atoms with E-state index < -0.39 is 24.2 Å². The van der Waals surface area contributed by atoms with Gasteiger partial charge in [-0.05, 0) is 35.9 Å². The molecule has 3 aromatic rings. The van der Waals surface area contributed by atoms with Crippen molar-refractivity contribution < 1.29 is 23.9 Å². The van der Waals surface area contributed by atoms with Crippen LogP contribution >= 0.6 is 11.3 Å². The number of primary amides is 1. The van der Waals surface area contributed by atoms with E-state index in [1.807, 2.05) is 30.3 Å². The number of ketones is 1. The molecule has 3 rings (SSSR count). The van der Waals surface area contributed by atoms with Crippen molar-refractivity contribution in [2.45, 2.75) is 0 Å². The zero-order chi connectivity index (χ0) is 20.8. The van der Waals surface area contributed by atoms with E-state index in [-0.39, 0.29) is 10.6 Å². The van der Waals surface area contributed by atoms with Crippen LogP contribution in [0.5, 0.6) is 11.5 Å². The Hall–Kier alpha value is -3.65. The molecule has 0 radical (unpaired) electrons. The number of hydrogen-bond donors (Lipinski definition) is 2. The number of thiophene rings is 1. The zero-order valence-electron chi connectivity index (χ0n) is 15.5. The summed E-state index contributed by atoms with van der Waals surface area (Å²) in [5.74, 6) is -1.30. The molecule has 2 amide bonds. The highest BCUT2D eigenvalue weighted by atomic mass is 32.1. The lowest BCUT2D eigenvalue weighted by Gasteiger charge is -2.07. The number of Topliss-reactive ketones (excluding diaryl/α,β-unsaturated/α-hetero) is 1. The molecule has 148 valence electrons. The van der Waals surface area contributed by atoms with Crippen molar-refractivity contribution in [2.75, 3.05) is 19.0 Å². The van der Waals surface area contributed by atoms with E-state index in [9.17, 15) is 14.4 Å². The van der Waals surface area contributed by atoms with E-state index >= 15 is 0 Å². The number of nitrogens with two attached hydrogens (primary N) is 1. The molecular formula is C21H18N2O5S. The van der Waals surface area contributed by atoms with Gasteiger partial charge in [0.15, 0.2) is 6.61 Å². The van der Waals surface area contributed by atoms with Crippen LogP contribution in [0.25, 0.3) is 10.4 Å². The van der Waals surface area contributed by atoms with E-state index in [1.54, 1.807) is 30.3 Å². The van der Waals surface area contributed by atoms with Gasteiger partial charge in [0.25, 0.3) is 17.6 Å². The molecule has 29 heavy (non-hydrogen) atoms. The molecule has 0 saturated carbocycles. The third-order valence-electron chi connectivity index (χ3n) is 3.97. The molecule has 0 saturated heterocycles. The van der Waals surface area contributed by atoms with Crippen LogP contribution in [0.2, 0.25) is 0 Å². The fourth-order valence-electron chi connectivity index (χ4n) is 2.47. The summed E-state index contributed by atoms with van der Waals surface area (Å²) in [6.07, 6.45) is 0. The number of carbonyl (C=O) groups is 3. The minimum Gasteiger partial charge on any atom is -0.497 e. The summed E-state index contributed by atoms with van der Waals surface area (Å²) in [6, 6.07) is 17.5. The molecule has 1 aromatic heterocycles. The Morgan fingerprint density at radius 1 is 1.00 bits per heavy atom. The lowest BCUT2D eigenvalue weighted by molar-refractivity contribution is -0.136. The van der Waals surface area contributed by atoms with Gasteiger partial charge in [0.1, 0.15) is 16.5 Å². The maximum absolute atomic E-state index is 12.2. The number of methoxy groups -OCH3 is 1. The number of ether oxygens (including phenoxy) is 2. The van der Waals surface area contributed by atoms with E-state index in [2.05, 4.69) is 5.32 Å². The molecule has 0 aliphatic carbocycles. The molecule has 0 bridgehead atoms. The lowest BCUT2D eigenvalue weighted by Crippen LogP contribution is -2.28. The normalized spacial score (nSPS) is 10.2. The summed E-state index contributed by atoms with van der Waals surface area (Å²) < 4.78 is 10.4. The summed E-state index contributed by atoms with van der Waals surface area (Å²) >= 11 is 1.17. The van der Waals surface area contributed by atoms with Crippen molar-refractivity contribution in [2.24, 2.45) is 5.73 Å². The summed E-state index contributed by atoms with van der Waals surface area (Å²) in [5.41, 5.74) is 6.43. The number of rotatable bonds is 8. The summed E-state index contributed by atoms with van der Waals surface area (Å²) in [5, 5.41) is 2.69. The second kappa shape index (κ2) is 9.03. The molecule has 0 atom stereocenters. The molecule has 0 unspecified atom stereocenters. The highest BCUT2D eigenvalue weighted by Gasteiger charge is 2.21. The van der Waals surface area contributed by atoms with Crippen molar-refractivity contribution in [3.8, 4) is 21.9 Å². The molecule has 7 nitrogen and oxygen atoms in total. The molecule has 8 heteroatoms. The van der Waals surface area contributed by atoms with Gasteiger partial charge in [-0.2, -0.15) is 0 Å². The Morgan fingerprint density at radius 3 is 2.28 bits per heavy atom. The average molecular weight is 410 g/mol. The lowest BCUT2D eigenvalue weighted by atomic mass is 10.1. The van der Waals surface area contributed by atoms with Gasteiger partial charge in [0.05, 0.1) is 12.7 Å². The van der Waals surface area contributed by atoms with Crippen molar-refractivity contribution >= 4 is 33.9 Å². The van der Waals surface area contributed by atoms with E-state index in [4.69, 9.17) is 15.2 Å². The Morgan fingerprint density at radius 2 is 1.66 bits per heavy atom. The predicted octanol–water partition coefficient (Wildman–Crippen LogP) is 3.11. The SMILES string of the molecule is COc1ccc(OCC(=O)C(=O)Nc2sc(-c3ccccc3)cc2C(N)=O)cc1. The van der Waals surface area contributed by atoms with Crippen molar-refractivity contribution in [1.29, 1.82) is 0 Å². The Labute approximate surface area is 171 Å². The molecule has 1 heterocycles. The van der Waals surface area contributed by atoms with Crippen LogP contribution in [0.3, 0.4) is 0 Å². The number of nitrogens with one attached hydrogen (secondary N) is 1. The van der Waals surface area contributed by atoms with Crippen LogP contribution in [-0.2, 0) is 9.59 Å². The molecule has 0 aliphatic rings. The maximum Gasteiger partial charge on any atom is 0.296 e. The number of amides is 2. The van der Waals surface area contributed by atoms with Crippen LogP contribution in [-0.4, -0.2) is 31.3 Å². The van der Waals surface area contributed by atoms with Crippen molar-refractivity contribution in [1.82, 2.24) is 0 Å². The average Bonchev–Trinajstić information content (AvgIpc) is 3.17. The second-order valence-electron chi connectivity index (χ2n) is 5.93. The van der Waals surface area contributed by atoms with Crippen LogP contribution in [0.4, 0.5) is 5.00 Å². The molecule has 2 aromatic carbocycles. The van der Waals surface area contributed by atoms with Gasteiger partial charge < -0.3 is 20.5 Å². The van der Waals surface area contributed by atoms with Crippen LogP contribution in [0.1, 0.15) is 10.4 Å². The number of carbonyl (C=O) groups excluding carboxylic acids is 3. The zero-order valence-corrected chi connectivity index (χ0v) is 16.3. The molecule has 3 N–H and O–H groups in total. The minimum atomic E-state index is -0.887. The largest absolute Gasteiger partial charge is 0.497 e. The first-order chi connectivity index (χ1) is 14.0. The van der Waals surface area contributed by atoms with Gasteiger partial charge in [-0.1, -0.05) is 30.3 Å².